The molecular formula is C19H26N2O2. The summed E-state index contributed by atoms with van der Waals surface area (Å²) in [5, 5.41) is 3.06. The fraction of sp³-hybridized carbons (Fsp3) is 0.579. The Morgan fingerprint density at radius 2 is 1.83 bits per heavy atom. The van der Waals surface area contributed by atoms with E-state index in [4.69, 9.17) is 0 Å². The van der Waals surface area contributed by atoms with E-state index in [-0.39, 0.29) is 11.8 Å². The quantitative estimate of drug-likeness (QED) is 0.908. The van der Waals surface area contributed by atoms with E-state index in [0.717, 1.165) is 25.1 Å². The second kappa shape index (κ2) is 7.62. The van der Waals surface area contributed by atoms with Gasteiger partial charge in [0.2, 0.25) is 5.91 Å². The van der Waals surface area contributed by atoms with Gasteiger partial charge >= 0.3 is 0 Å². The summed E-state index contributed by atoms with van der Waals surface area (Å²) in [6.07, 6.45) is 8.04. The van der Waals surface area contributed by atoms with E-state index in [2.05, 4.69) is 5.32 Å². The van der Waals surface area contributed by atoms with E-state index in [1.54, 1.807) is 0 Å². The molecule has 1 N–H and O–H groups in total. The van der Waals surface area contributed by atoms with Gasteiger partial charge in [-0.1, -0.05) is 31.4 Å². The van der Waals surface area contributed by atoms with Gasteiger partial charge in [-0.2, -0.15) is 0 Å². The van der Waals surface area contributed by atoms with Crippen molar-refractivity contribution >= 4 is 11.8 Å². The van der Waals surface area contributed by atoms with Gasteiger partial charge in [-0.15, -0.1) is 0 Å². The number of likely N-dealkylation sites (tertiary alicyclic amines) is 1. The fourth-order valence-electron chi connectivity index (χ4n) is 3.58. The van der Waals surface area contributed by atoms with Gasteiger partial charge in [-0.25, -0.2) is 0 Å². The molecule has 2 amide bonds. The van der Waals surface area contributed by atoms with E-state index in [1.807, 2.05) is 29.2 Å². The molecule has 3 rings (SSSR count). The molecule has 23 heavy (non-hydrogen) atoms. The molecule has 1 aromatic carbocycles. The number of nitrogens with zero attached hydrogens (tertiary/aromatic N) is 1. The van der Waals surface area contributed by atoms with Crippen molar-refractivity contribution in [3.8, 4) is 0 Å². The smallest absolute Gasteiger partial charge is 0.251 e. The van der Waals surface area contributed by atoms with E-state index >= 15 is 0 Å². The van der Waals surface area contributed by atoms with Crippen LogP contribution in [0.5, 0.6) is 0 Å². The van der Waals surface area contributed by atoms with Gasteiger partial charge < -0.3 is 10.2 Å². The van der Waals surface area contributed by atoms with Crippen LogP contribution in [0.25, 0.3) is 0 Å². The summed E-state index contributed by atoms with van der Waals surface area (Å²) in [6.45, 7) is 2.30. The van der Waals surface area contributed by atoms with Gasteiger partial charge in [-0.05, 0) is 42.9 Å². The maximum atomic E-state index is 12.2. The summed E-state index contributed by atoms with van der Waals surface area (Å²) in [6, 6.07) is 7.65. The van der Waals surface area contributed by atoms with Crippen molar-refractivity contribution < 1.29 is 9.59 Å². The number of carbonyl (C=O) groups is 2. The maximum absolute atomic E-state index is 12.2. The predicted octanol–water partition coefficient (Wildman–Crippen LogP) is 3.12. The molecule has 1 aromatic rings. The molecular weight excluding hydrogens is 288 g/mol. The second-order valence-electron chi connectivity index (χ2n) is 6.83. The minimum absolute atomic E-state index is 0.0133. The molecule has 4 heteroatoms. The first-order valence-electron chi connectivity index (χ1n) is 8.87. The Bertz CT molecular complexity index is 547. The number of benzene rings is 1. The summed E-state index contributed by atoms with van der Waals surface area (Å²) in [5.74, 6) is 0.895. The van der Waals surface area contributed by atoms with E-state index in [9.17, 15) is 9.59 Å². The van der Waals surface area contributed by atoms with Gasteiger partial charge in [-0.3, -0.25) is 9.59 Å². The van der Waals surface area contributed by atoms with E-state index in [1.165, 1.54) is 32.1 Å². The first kappa shape index (κ1) is 16.0. The maximum Gasteiger partial charge on any atom is 0.251 e. The molecule has 1 saturated heterocycles. The van der Waals surface area contributed by atoms with Crippen molar-refractivity contribution in [2.75, 3.05) is 13.1 Å². The van der Waals surface area contributed by atoms with Crippen LogP contribution in [-0.2, 0) is 11.3 Å². The number of carbonyl (C=O) groups excluding carboxylic acids is 2. The molecule has 0 unspecified atom stereocenters. The number of hydrogen-bond donors (Lipinski definition) is 1. The lowest BCUT2D eigenvalue weighted by atomic mass is 9.89. The topological polar surface area (TPSA) is 49.4 Å². The average Bonchev–Trinajstić information content (AvgIpc) is 2.99. The highest BCUT2D eigenvalue weighted by Crippen LogP contribution is 2.22. The molecule has 2 fully saturated rings. The van der Waals surface area contributed by atoms with Crippen LogP contribution in [0, 0.1) is 5.92 Å². The van der Waals surface area contributed by atoms with Crippen LogP contribution in [0.4, 0.5) is 0 Å². The average molecular weight is 314 g/mol. The Kier molecular flexibility index (Phi) is 5.31. The van der Waals surface area contributed by atoms with E-state index in [0.29, 0.717) is 24.4 Å². The second-order valence-corrected chi connectivity index (χ2v) is 6.83. The Morgan fingerprint density at radius 3 is 2.48 bits per heavy atom. The molecule has 124 valence electrons. The number of rotatable bonds is 5. The first-order chi connectivity index (χ1) is 11.2. The Hall–Kier alpha value is -1.84. The number of amides is 2. The van der Waals surface area contributed by atoms with Crippen LogP contribution < -0.4 is 5.32 Å². The summed E-state index contributed by atoms with van der Waals surface area (Å²) in [7, 11) is 0. The third kappa shape index (κ3) is 4.34. The summed E-state index contributed by atoms with van der Waals surface area (Å²) in [5.41, 5.74) is 1.79. The summed E-state index contributed by atoms with van der Waals surface area (Å²) in [4.78, 5) is 25.8. The molecule has 1 aliphatic heterocycles. The van der Waals surface area contributed by atoms with Crippen LogP contribution in [0.2, 0.25) is 0 Å². The van der Waals surface area contributed by atoms with Crippen LogP contribution in [0.3, 0.4) is 0 Å². The standard InChI is InChI=1S/C19H26N2O2/c22-18-7-4-12-21(18)14-16-8-10-17(11-9-16)19(23)20-13-15-5-2-1-3-6-15/h8-11,15H,1-7,12-14H2,(H,20,23). The van der Waals surface area contributed by atoms with Gasteiger partial charge in [0.1, 0.15) is 0 Å². The monoisotopic (exact) mass is 314 g/mol. The zero-order chi connectivity index (χ0) is 16.1. The highest BCUT2D eigenvalue weighted by molar-refractivity contribution is 5.94. The minimum atomic E-state index is 0.0133. The van der Waals surface area contributed by atoms with Crippen molar-refractivity contribution in [2.45, 2.75) is 51.5 Å². The molecule has 0 bridgehead atoms. The molecule has 1 heterocycles. The Balaban J connectivity index is 1.49. The highest BCUT2D eigenvalue weighted by Gasteiger charge is 2.20. The van der Waals surface area contributed by atoms with Crippen molar-refractivity contribution in [2.24, 2.45) is 5.92 Å². The molecule has 2 aliphatic rings. The Labute approximate surface area is 138 Å². The molecule has 1 saturated carbocycles. The van der Waals surface area contributed by atoms with Gasteiger partial charge in [0.05, 0.1) is 0 Å². The van der Waals surface area contributed by atoms with Gasteiger partial charge in [0, 0.05) is 31.6 Å². The van der Waals surface area contributed by atoms with Crippen LogP contribution >= 0.6 is 0 Å². The summed E-state index contributed by atoms with van der Waals surface area (Å²) < 4.78 is 0. The molecule has 0 spiro atoms. The Morgan fingerprint density at radius 1 is 1.09 bits per heavy atom. The van der Waals surface area contributed by atoms with Crippen LogP contribution in [-0.4, -0.2) is 29.8 Å². The zero-order valence-corrected chi connectivity index (χ0v) is 13.7. The minimum Gasteiger partial charge on any atom is -0.352 e. The third-order valence-electron chi connectivity index (χ3n) is 5.04. The molecule has 0 atom stereocenters. The molecule has 1 aliphatic carbocycles. The normalized spacial score (nSPS) is 19.1. The molecule has 0 aromatic heterocycles. The first-order valence-corrected chi connectivity index (χ1v) is 8.87. The number of nitrogens with one attached hydrogen (secondary N) is 1. The lowest BCUT2D eigenvalue weighted by molar-refractivity contribution is -0.128. The van der Waals surface area contributed by atoms with Crippen LogP contribution in [0.15, 0.2) is 24.3 Å². The number of hydrogen-bond acceptors (Lipinski definition) is 2. The van der Waals surface area contributed by atoms with Crippen molar-refractivity contribution in [1.82, 2.24) is 10.2 Å². The highest BCUT2D eigenvalue weighted by atomic mass is 16.2. The summed E-state index contributed by atoms with van der Waals surface area (Å²) >= 11 is 0. The van der Waals surface area contributed by atoms with E-state index < -0.39 is 0 Å². The molecule has 4 nitrogen and oxygen atoms in total. The van der Waals surface area contributed by atoms with Crippen molar-refractivity contribution in [3.05, 3.63) is 35.4 Å². The predicted molar refractivity (Wildman–Crippen MR) is 90.0 cm³/mol. The lowest BCUT2D eigenvalue weighted by Crippen LogP contribution is -2.30. The third-order valence-corrected chi connectivity index (χ3v) is 5.04. The largest absolute Gasteiger partial charge is 0.352 e. The lowest BCUT2D eigenvalue weighted by Gasteiger charge is -2.21. The molecule has 0 radical (unpaired) electrons. The van der Waals surface area contributed by atoms with Crippen LogP contribution in [0.1, 0.15) is 60.9 Å². The fourth-order valence-corrected chi connectivity index (χ4v) is 3.58. The van der Waals surface area contributed by atoms with Gasteiger partial charge in [0.15, 0.2) is 0 Å². The van der Waals surface area contributed by atoms with Crippen molar-refractivity contribution in [3.63, 3.8) is 0 Å². The zero-order valence-electron chi connectivity index (χ0n) is 13.7. The SMILES string of the molecule is O=C(NCC1CCCCC1)c1ccc(CN2CCCC2=O)cc1. The van der Waals surface area contributed by atoms with Gasteiger partial charge in [0.25, 0.3) is 5.91 Å². The van der Waals surface area contributed by atoms with Crippen molar-refractivity contribution in [1.29, 1.82) is 0 Å².